The van der Waals surface area contributed by atoms with Gasteiger partial charge in [0.25, 0.3) is 0 Å². The molecule has 0 saturated carbocycles. The second-order valence-corrected chi connectivity index (χ2v) is 13.5. The zero-order chi connectivity index (χ0) is 33.3. The van der Waals surface area contributed by atoms with E-state index in [1.807, 2.05) is 0 Å². The number of unbranched alkanes of at least 4 members (excludes halogenated alkanes) is 19. The quantitative estimate of drug-likeness (QED) is 0.0299. The zero-order valence-corrected chi connectivity index (χ0v) is 29.8. The van der Waals surface area contributed by atoms with E-state index in [-0.39, 0.29) is 38.6 Å². The summed E-state index contributed by atoms with van der Waals surface area (Å²) in [6.45, 7) is 3.66. The summed E-state index contributed by atoms with van der Waals surface area (Å²) in [5.41, 5.74) is 5.31. The Kier molecular flexibility index (Phi) is 31.8. The van der Waals surface area contributed by atoms with Crippen LogP contribution < -0.4 is 5.73 Å². The van der Waals surface area contributed by atoms with Gasteiger partial charge in [0.2, 0.25) is 0 Å². The van der Waals surface area contributed by atoms with Crippen molar-refractivity contribution < 1.29 is 37.6 Å². The van der Waals surface area contributed by atoms with Crippen molar-refractivity contribution in [2.45, 2.75) is 174 Å². The van der Waals surface area contributed by atoms with Crippen molar-refractivity contribution in [2.75, 3.05) is 26.4 Å². The number of hydrogen-bond donors (Lipinski definition) is 2. The molecule has 266 valence electrons. The minimum absolute atomic E-state index is 0.0548. The minimum Gasteiger partial charge on any atom is -0.462 e. The first-order valence-corrected chi connectivity index (χ1v) is 19.7. The second-order valence-electron chi connectivity index (χ2n) is 12.1. The van der Waals surface area contributed by atoms with Gasteiger partial charge in [-0.2, -0.15) is 0 Å². The van der Waals surface area contributed by atoms with Crippen molar-refractivity contribution in [2.24, 2.45) is 5.73 Å². The highest BCUT2D eigenvalue weighted by Gasteiger charge is 2.25. The van der Waals surface area contributed by atoms with E-state index in [9.17, 15) is 19.0 Å². The molecule has 2 atom stereocenters. The Bertz CT molecular complexity index is 764. The molecule has 3 N–H and O–H groups in total. The fourth-order valence-electron chi connectivity index (χ4n) is 4.92. The summed E-state index contributed by atoms with van der Waals surface area (Å²) in [5.74, 6) is -0.838. The highest BCUT2D eigenvalue weighted by Crippen LogP contribution is 2.43. The lowest BCUT2D eigenvalue weighted by Crippen LogP contribution is -2.29. The second kappa shape index (κ2) is 32.7. The lowest BCUT2D eigenvalue weighted by Gasteiger charge is -2.19. The largest absolute Gasteiger partial charge is 0.472 e. The number of nitrogens with two attached hydrogens (primary N) is 1. The van der Waals surface area contributed by atoms with Crippen LogP contribution in [0.2, 0.25) is 0 Å². The molecule has 0 heterocycles. The number of esters is 2. The van der Waals surface area contributed by atoms with Gasteiger partial charge in [-0.1, -0.05) is 129 Å². The van der Waals surface area contributed by atoms with Crippen LogP contribution in [0.1, 0.15) is 168 Å². The van der Waals surface area contributed by atoms with Crippen LogP contribution in [0.15, 0.2) is 12.2 Å². The molecule has 0 aromatic heterocycles. The molecule has 0 saturated heterocycles. The van der Waals surface area contributed by atoms with Gasteiger partial charge < -0.3 is 20.1 Å². The van der Waals surface area contributed by atoms with Crippen molar-refractivity contribution in [3.63, 3.8) is 0 Å². The number of phosphoric ester groups is 1. The van der Waals surface area contributed by atoms with Gasteiger partial charge in [-0.25, -0.2) is 4.57 Å². The van der Waals surface area contributed by atoms with Crippen LogP contribution in [-0.2, 0) is 32.7 Å². The van der Waals surface area contributed by atoms with Crippen LogP contribution in [0.4, 0.5) is 0 Å². The first kappa shape index (κ1) is 43.8. The van der Waals surface area contributed by atoms with Gasteiger partial charge in [0.1, 0.15) is 6.61 Å². The lowest BCUT2D eigenvalue weighted by atomic mass is 10.1. The van der Waals surface area contributed by atoms with Gasteiger partial charge in [0, 0.05) is 19.4 Å². The summed E-state index contributed by atoms with van der Waals surface area (Å²) in [6, 6.07) is 0. The van der Waals surface area contributed by atoms with Crippen LogP contribution in [0.5, 0.6) is 0 Å². The Morgan fingerprint density at radius 2 is 1.09 bits per heavy atom. The topological polar surface area (TPSA) is 134 Å². The number of carbonyl (C=O) groups is 2. The third-order valence-corrected chi connectivity index (χ3v) is 8.64. The SMILES string of the molecule is CCCCCCCC/C=C/CCCCCCCCCC(=O)O[C@H](COC(=O)CCCCCCCCC)COP(=O)(O)OCCN. The number of phosphoric acid groups is 1. The molecule has 0 rings (SSSR count). The molecular formula is C35H68NO8P. The molecule has 0 radical (unpaired) electrons. The molecular weight excluding hydrogens is 593 g/mol. The normalized spacial score (nSPS) is 13.6. The molecule has 0 fully saturated rings. The fraction of sp³-hybridized carbons (Fsp3) is 0.886. The maximum atomic E-state index is 12.5. The molecule has 0 amide bonds. The monoisotopic (exact) mass is 661 g/mol. The summed E-state index contributed by atoms with van der Waals surface area (Å²) < 4.78 is 32.5. The van der Waals surface area contributed by atoms with Crippen molar-refractivity contribution >= 4 is 19.8 Å². The van der Waals surface area contributed by atoms with E-state index in [4.69, 9.17) is 24.3 Å². The van der Waals surface area contributed by atoms with Crippen molar-refractivity contribution in [1.29, 1.82) is 0 Å². The molecule has 0 bridgehead atoms. The molecule has 0 spiro atoms. The maximum Gasteiger partial charge on any atom is 0.472 e. The van der Waals surface area contributed by atoms with E-state index in [0.29, 0.717) is 6.42 Å². The number of ether oxygens (including phenoxy) is 2. The van der Waals surface area contributed by atoms with E-state index in [2.05, 4.69) is 26.0 Å². The molecule has 9 nitrogen and oxygen atoms in total. The first-order chi connectivity index (χ1) is 21.8. The molecule has 0 aliphatic carbocycles. The Hall–Kier alpha value is -1.25. The van der Waals surface area contributed by atoms with Crippen LogP contribution in [0.25, 0.3) is 0 Å². The van der Waals surface area contributed by atoms with Gasteiger partial charge in [-0.3, -0.25) is 18.6 Å². The Morgan fingerprint density at radius 3 is 1.58 bits per heavy atom. The summed E-state index contributed by atoms with van der Waals surface area (Å²) in [6.07, 6.45) is 29.7. The number of carbonyl (C=O) groups excluding carboxylic acids is 2. The molecule has 0 aliphatic heterocycles. The zero-order valence-electron chi connectivity index (χ0n) is 28.9. The Labute approximate surface area is 275 Å². The Morgan fingerprint density at radius 1 is 0.644 bits per heavy atom. The lowest BCUT2D eigenvalue weighted by molar-refractivity contribution is -0.161. The molecule has 1 unspecified atom stereocenters. The van der Waals surface area contributed by atoms with Crippen LogP contribution in [-0.4, -0.2) is 49.3 Å². The predicted octanol–water partition coefficient (Wildman–Crippen LogP) is 9.49. The van der Waals surface area contributed by atoms with E-state index < -0.39 is 26.5 Å². The number of rotatable bonds is 34. The third-order valence-electron chi connectivity index (χ3n) is 7.65. The third kappa shape index (κ3) is 32.5. The smallest absolute Gasteiger partial charge is 0.462 e. The van der Waals surface area contributed by atoms with Crippen LogP contribution in [0, 0.1) is 0 Å². The minimum atomic E-state index is -4.36. The molecule has 45 heavy (non-hydrogen) atoms. The average molecular weight is 662 g/mol. The van der Waals surface area contributed by atoms with Gasteiger partial charge in [0.15, 0.2) is 6.10 Å². The van der Waals surface area contributed by atoms with E-state index in [1.54, 1.807) is 0 Å². The van der Waals surface area contributed by atoms with E-state index >= 15 is 0 Å². The fourth-order valence-corrected chi connectivity index (χ4v) is 5.69. The number of hydrogen-bond acceptors (Lipinski definition) is 8. The van der Waals surface area contributed by atoms with Gasteiger partial charge in [0.05, 0.1) is 13.2 Å². The van der Waals surface area contributed by atoms with Gasteiger partial charge in [-0.15, -0.1) is 0 Å². The first-order valence-electron chi connectivity index (χ1n) is 18.2. The summed E-state index contributed by atoms with van der Waals surface area (Å²) in [4.78, 5) is 34.5. The number of allylic oxidation sites excluding steroid dienone is 2. The summed E-state index contributed by atoms with van der Waals surface area (Å²) >= 11 is 0. The predicted molar refractivity (Wildman–Crippen MR) is 183 cm³/mol. The standard InChI is InChI=1S/C35H68NO8P/c1-3-5-7-9-11-12-13-14-15-16-17-18-19-20-22-24-26-28-35(38)44-33(32-43-45(39,40)42-30-29-36)31-41-34(37)27-25-23-21-10-8-6-4-2/h14-15,33H,3-13,16-32,36H2,1-2H3,(H,39,40)/b15-14+/t33-/m1/s1. The Balaban J connectivity index is 4.16. The molecule has 0 aromatic carbocycles. The van der Waals surface area contributed by atoms with Crippen LogP contribution >= 0.6 is 7.82 Å². The van der Waals surface area contributed by atoms with Crippen molar-refractivity contribution in [3.05, 3.63) is 12.2 Å². The van der Waals surface area contributed by atoms with Crippen LogP contribution in [0.3, 0.4) is 0 Å². The average Bonchev–Trinajstić information content (AvgIpc) is 3.02. The molecule has 10 heteroatoms. The molecule has 0 aromatic rings. The van der Waals surface area contributed by atoms with E-state index in [0.717, 1.165) is 44.9 Å². The maximum absolute atomic E-state index is 12.5. The van der Waals surface area contributed by atoms with E-state index in [1.165, 1.54) is 89.9 Å². The van der Waals surface area contributed by atoms with Gasteiger partial charge in [-0.05, 0) is 38.5 Å². The van der Waals surface area contributed by atoms with Crippen molar-refractivity contribution in [1.82, 2.24) is 0 Å². The highest BCUT2D eigenvalue weighted by molar-refractivity contribution is 7.47. The van der Waals surface area contributed by atoms with Gasteiger partial charge >= 0.3 is 19.8 Å². The summed E-state index contributed by atoms with van der Waals surface area (Å²) in [5, 5.41) is 0. The van der Waals surface area contributed by atoms with Crippen molar-refractivity contribution in [3.8, 4) is 0 Å². The highest BCUT2D eigenvalue weighted by atomic mass is 31.2. The molecule has 0 aliphatic rings. The summed E-state index contributed by atoms with van der Waals surface area (Å²) in [7, 11) is -4.36.